The van der Waals surface area contributed by atoms with Gasteiger partial charge in [0.2, 0.25) is 0 Å². The third-order valence-corrected chi connectivity index (χ3v) is 8.58. The highest BCUT2D eigenvalue weighted by Crippen LogP contribution is 2.66. The molecule has 0 aromatic heterocycles. The number of rotatable bonds is 1. The molecule has 0 saturated heterocycles. The predicted molar refractivity (Wildman–Crippen MR) is 98.4 cm³/mol. The molecule has 0 heterocycles. The van der Waals surface area contributed by atoms with Gasteiger partial charge in [0.1, 0.15) is 0 Å². The van der Waals surface area contributed by atoms with Gasteiger partial charge in [-0.05, 0) is 73.5 Å². The van der Waals surface area contributed by atoms with E-state index in [4.69, 9.17) is 6.57 Å². The third-order valence-electron chi connectivity index (χ3n) is 8.58. The maximum absolute atomic E-state index is 10.3. The van der Waals surface area contributed by atoms with Crippen molar-refractivity contribution in [2.24, 2.45) is 34.5 Å². The van der Waals surface area contributed by atoms with Crippen LogP contribution >= 0.6 is 0 Å². The van der Waals surface area contributed by atoms with E-state index in [9.17, 15) is 10.2 Å². The largest absolute Gasteiger partial charge is 0.396 e. The van der Waals surface area contributed by atoms with Crippen molar-refractivity contribution in [1.29, 1.82) is 0 Å². The molecular weight excluding hydrogens is 310 g/mol. The summed E-state index contributed by atoms with van der Waals surface area (Å²) in [5, 5.41) is 20.1. The lowest BCUT2D eigenvalue weighted by Crippen LogP contribution is -2.51. The number of allylic oxidation sites excluding steroid dienone is 2. The molecule has 0 bridgehead atoms. The minimum Gasteiger partial charge on any atom is -0.396 e. The van der Waals surface area contributed by atoms with E-state index in [1.54, 1.807) is 0 Å². The maximum Gasteiger partial charge on any atom is 0.154 e. The van der Waals surface area contributed by atoms with Gasteiger partial charge in [0.15, 0.2) is 6.20 Å². The summed E-state index contributed by atoms with van der Waals surface area (Å²) in [4.78, 5) is 3.59. The molecule has 0 spiro atoms. The molecule has 0 amide bonds. The van der Waals surface area contributed by atoms with Crippen LogP contribution in [0.3, 0.4) is 0 Å². The average molecular weight is 341 g/mol. The SMILES string of the molecule is [C-]#[N+]/C=C1/CC[C@H]2[C@@H]3CCC4=C[C@H](O)[C@@H](CO)C[C@]4(C)[C@H]3CC[C@]12C. The number of hydrogen-bond acceptors (Lipinski definition) is 2. The molecule has 4 rings (SSSR count). The molecule has 0 aliphatic heterocycles. The van der Waals surface area contributed by atoms with Crippen molar-refractivity contribution in [2.75, 3.05) is 6.61 Å². The van der Waals surface area contributed by atoms with Gasteiger partial charge in [0.25, 0.3) is 0 Å². The van der Waals surface area contributed by atoms with Gasteiger partial charge in [-0.15, -0.1) is 0 Å². The fourth-order valence-corrected chi connectivity index (χ4v) is 7.20. The van der Waals surface area contributed by atoms with Crippen LogP contribution in [0, 0.1) is 41.1 Å². The van der Waals surface area contributed by atoms with Crippen LogP contribution in [-0.2, 0) is 0 Å². The first-order valence-electron chi connectivity index (χ1n) is 10.00. The van der Waals surface area contributed by atoms with Crippen molar-refractivity contribution >= 4 is 0 Å². The number of hydrogen-bond donors (Lipinski definition) is 2. The zero-order valence-corrected chi connectivity index (χ0v) is 15.5. The fraction of sp³-hybridized carbons (Fsp3) is 0.773. The van der Waals surface area contributed by atoms with Crippen molar-refractivity contribution in [3.8, 4) is 0 Å². The molecule has 25 heavy (non-hydrogen) atoms. The summed E-state index contributed by atoms with van der Waals surface area (Å²) in [6.07, 6.45) is 11.4. The summed E-state index contributed by atoms with van der Waals surface area (Å²) in [5.41, 5.74) is 3.21. The summed E-state index contributed by atoms with van der Waals surface area (Å²) in [6.45, 7) is 12.1. The van der Waals surface area contributed by atoms with Gasteiger partial charge in [-0.25, -0.2) is 4.85 Å². The summed E-state index contributed by atoms with van der Waals surface area (Å²) in [7, 11) is 0. The van der Waals surface area contributed by atoms with E-state index in [1.165, 1.54) is 36.8 Å². The fourth-order valence-electron chi connectivity index (χ4n) is 7.20. The highest BCUT2D eigenvalue weighted by atomic mass is 16.3. The van der Waals surface area contributed by atoms with Crippen molar-refractivity contribution < 1.29 is 10.2 Å². The molecule has 136 valence electrons. The molecule has 4 aliphatic carbocycles. The van der Waals surface area contributed by atoms with E-state index in [0.717, 1.165) is 25.2 Å². The number of aliphatic hydroxyl groups excluding tert-OH is 2. The summed E-state index contributed by atoms with van der Waals surface area (Å²) >= 11 is 0. The smallest absolute Gasteiger partial charge is 0.154 e. The minimum atomic E-state index is -0.474. The van der Waals surface area contributed by atoms with Gasteiger partial charge in [0, 0.05) is 12.5 Å². The molecule has 0 radical (unpaired) electrons. The Morgan fingerprint density at radius 1 is 1.20 bits per heavy atom. The zero-order chi connectivity index (χ0) is 17.8. The first-order valence-corrected chi connectivity index (χ1v) is 10.00. The molecule has 0 aromatic rings. The van der Waals surface area contributed by atoms with Crippen molar-refractivity contribution in [1.82, 2.24) is 0 Å². The second-order valence-electron chi connectivity index (χ2n) is 9.44. The Bertz CT molecular complexity index is 659. The lowest BCUT2D eigenvalue weighted by Gasteiger charge is -2.58. The van der Waals surface area contributed by atoms with E-state index in [2.05, 4.69) is 24.8 Å². The maximum atomic E-state index is 10.3. The molecule has 0 unspecified atom stereocenters. The first kappa shape index (κ1) is 17.3. The van der Waals surface area contributed by atoms with Crippen LogP contribution in [0.2, 0.25) is 0 Å². The van der Waals surface area contributed by atoms with Crippen molar-refractivity contribution in [2.45, 2.75) is 64.9 Å². The predicted octanol–water partition coefficient (Wildman–Crippen LogP) is 4.33. The van der Waals surface area contributed by atoms with Gasteiger partial charge in [-0.2, -0.15) is 0 Å². The standard InChI is InChI=1S/C22H31NO2/c1-21-9-8-19-17(18(21)7-5-16(21)12-23-3)6-4-15-10-20(25)14(13-24)11-22(15,19)2/h10,12,14,17-20,24-25H,4-9,11,13H2,1-2H3/b16-12-/t14-,17+,18+,19+,20+,21-,22+/m1/s1. The summed E-state index contributed by atoms with van der Waals surface area (Å²) in [6, 6.07) is 0. The van der Waals surface area contributed by atoms with Crippen LogP contribution in [0.15, 0.2) is 23.4 Å². The average Bonchev–Trinajstić information content (AvgIpc) is 2.92. The second-order valence-corrected chi connectivity index (χ2v) is 9.44. The summed E-state index contributed by atoms with van der Waals surface area (Å²) in [5.74, 6) is 2.09. The molecule has 3 fully saturated rings. The van der Waals surface area contributed by atoms with E-state index >= 15 is 0 Å². The Hall–Kier alpha value is -1.11. The molecule has 3 saturated carbocycles. The normalized spacial score (nSPS) is 50.4. The topological polar surface area (TPSA) is 44.8 Å². The van der Waals surface area contributed by atoms with Gasteiger partial charge >= 0.3 is 0 Å². The van der Waals surface area contributed by atoms with Crippen LogP contribution in [0.5, 0.6) is 0 Å². The second kappa shape index (κ2) is 5.96. The number of nitrogens with zero attached hydrogens (tertiary/aromatic N) is 1. The van der Waals surface area contributed by atoms with Gasteiger partial charge < -0.3 is 10.2 Å². The Kier molecular flexibility index (Phi) is 4.13. The van der Waals surface area contributed by atoms with Crippen LogP contribution in [0.4, 0.5) is 0 Å². The van der Waals surface area contributed by atoms with Gasteiger partial charge in [-0.3, -0.25) is 0 Å². The van der Waals surface area contributed by atoms with E-state index < -0.39 is 6.10 Å². The molecule has 3 heteroatoms. The third kappa shape index (κ3) is 2.37. The van der Waals surface area contributed by atoms with Crippen LogP contribution in [0.1, 0.15) is 58.8 Å². The van der Waals surface area contributed by atoms with Gasteiger partial charge in [0.05, 0.1) is 12.7 Å². The lowest BCUT2D eigenvalue weighted by molar-refractivity contribution is -0.0497. The molecule has 7 atom stereocenters. The molecule has 4 aliphatic rings. The van der Waals surface area contributed by atoms with E-state index in [-0.39, 0.29) is 23.4 Å². The van der Waals surface area contributed by atoms with Crippen LogP contribution in [-0.4, -0.2) is 22.9 Å². The quantitative estimate of drug-likeness (QED) is 0.551. The summed E-state index contributed by atoms with van der Waals surface area (Å²) < 4.78 is 0. The zero-order valence-electron chi connectivity index (χ0n) is 15.5. The minimum absolute atomic E-state index is 0.0121. The molecular formula is C22H31NO2. The van der Waals surface area contributed by atoms with Crippen LogP contribution < -0.4 is 0 Å². The van der Waals surface area contributed by atoms with Crippen molar-refractivity contribution in [3.63, 3.8) is 0 Å². The van der Waals surface area contributed by atoms with Gasteiger partial charge in [-0.1, -0.05) is 31.1 Å². The Morgan fingerprint density at radius 2 is 1.96 bits per heavy atom. The Balaban J connectivity index is 1.67. The number of aliphatic hydroxyl groups is 2. The molecule has 3 nitrogen and oxygen atoms in total. The lowest BCUT2D eigenvalue weighted by atomic mass is 9.46. The monoisotopic (exact) mass is 341 g/mol. The Morgan fingerprint density at radius 3 is 2.68 bits per heavy atom. The Labute approximate surface area is 151 Å². The van der Waals surface area contributed by atoms with E-state index in [1.807, 2.05) is 6.20 Å². The van der Waals surface area contributed by atoms with E-state index in [0.29, 0.717) is 11.8 Å². The van der Waals surface area contributed by atoms with Crippen molar-refractivity contribution in [3.05, 3.63) is 34.8 Å². The van der Waals surface area contributed by atoms with Crippen LogP contribution in [0.25, 0.3) is 4.85 Å². The highest BCUT2D eigenvalue weighted by molar-refractivity contribution is 5.30. The molecule has 0 aromatic carbocycles. The molecule has 2 N–H and O–H groups in total. The highest BCUT2D eigenvalue weighted by Gasteiger charge is 2.58. The number of fused-ring (bicyclic) bond motifs is 5. The first-order chi connectivity index (χ1) is 11.9.